The first-order chi connectivity index (χ1) is 27.0. The minimum atomic E-state index is -0.361. The normalized spacial score (nSPS) is 24.0. The van der Waals surface area contributed by atoms with Gasteiger partial charge < -0.3 is 9.31 Å². The third kappa shape index (κ3) is 7.06. The summed E-state index contributed by atoms with van der Waals surface area (Å²) >= 11 is 0. The first-order valence-electron chi connectivity index (χ1n) is 22.8. The largest absolute Gasteiger partial charge is 0.494 e. The van der Waals surface area contributed by atoms with Crippen LogP contribution in [0, 0.1) is 5.41 Å². The van der Waals surface area contributed by atoms with Crippen LogP contribution in [-0.4, -0.2) is 18.3 Å². The maximum absolute atomic E-state index is 6.58. The zero-order valence-electron chi connectivity index (χ0n) is 36.0. The molecule has 4 aromatic carbocycles. The first kappa shape index (κ1) is 39.7. The molecule has 1 heterocycles. The third-order valence-corrected chi connectivity index (χ3v) is 15.8. The Bertz CT molecular complexity index is 1940. The Labute approximate surface area is 340 Å². The molecule has 0 radical (unpaired) electrons. The number of unbranched alkanes of at least 4 members (excludes halogenated alkanes) is 5. The van der Waals surface area contributed by atoms with E-state index in [1.165, 1.54) is 141 Å². The molecular weight excluding hydrogens is 679 g/mol. The Hall–Kier alpha value is -3.14. The maximum Gasteiger partial charge on any atom is 0.494 e. The van der Waals surface area contributed by atoms with Crippen LogP contribution in [0.25, 0.3) is 33.4 Å². The van der Waals surface area contributed by atoms with E-state index in [1.807, 2.05) is 0 Å². The second kappa shape index (κ2) is 15.6. The molecule has 2 bridgehead atoms. The summed E-state index contributed by atoms with van der Waals surface area (Å²) in [5.74, 6) is 0. The van der Waals surface area contributed by atoms with Gasteiger partial charge in [-0.2, -0.15) is 0 Å². The standard InChI is InChI=1S/C53H69BO2/c1-8-11-14-15-28-51-31-34-52(35-32-51,36-33-51)43-23-20-40(21-24-43)39-16-18-41(19-17-39)42-22-26-45-46-27-25-44(54-55-49(4,5)50(6,7)56-54)38-48(46)53(29-12-9-2,30-13-10-3)47(45)37-42/h16-27,37-38H,8-15,28-36H2,1-7H3. The van der Waals surface area contributed by atoms with E-state index in [1.54, 1.807) is 5.56 Å². The highest BCUT2D eigenvalue weighted by Crippen LogP contribution is 2.60. The Kier molecular flexibility index (Phi) is 11.0. The number of rotatable bonds is 15. The van der Waals surface area contributed by atoms with Crippen LogP contribution in [0.3, 0.4) is 0 Å². The van der Waals surface area contributed by atoms with Crippen molar-refractivity contribution in [3.63, 3.8) is 0 Å². The van der Waals surface area contributed by atoms with Crippen LogP contribution in [0.5, 0.6) is 0 Å². The van der Waals surface area contributed by atoms with E-state index < -0.39 is 0 Å². The van der Waals surface area contributed by atoms with Crippen molar-refractivity contribution in [3.05, 3.63) is 102 Å². The van der Waals surface area contributed by atoms with Crippen LogP contribution >= 0.6 is 0 Å². The number of fused-ring (bicyclic) bond motifs is 6. The SMILES string of the molecule is CCCCCCC12CCC(c3ccc(-c4ccc(-c5ccc6c(c5)C(CCCC)(CCCC)c5cc(B7OC(C)(C)C(C)(C)O7)ccc5-6)cc4)cc3)(CC1)CC2. The van der Waals surface area contributed by atoms with Crippen LogP contribution in [0.15, 0.2) is 84.9 Å². The lowest BCUT2D eigenvalue weighted by Gasteiger charge is -2.54. The summed E-state index contributed by atoms with van der Waals surface area (Å²) in [7, 11) is -0.353. The van der Waals surface area contributed by atoms with Crippen LogP contribution in [0.2, 0.25) is 0 Å². The molecule has 5 aliphatic rings. The fourth-order valence-corrected chi connectivity index (χ4v) is 11.3. The average Bonchev–Trinajstić information content (AvgIpc) is 3.62. The van der Waals surface area contributed by atoms with E-state index in [-0.39, 0.29) is 23.7 Å². The van der Waals surface area contributed by atoms with Crippen molar-refractivity contribution >= 4 is 12.6 Å². The van der Waals surface area contributed by atoms with Crippen molar-refractivity contribution in [1.29, 1.82) is 0 Å². The van der Waals surface area contributed by atoms with Gasteiger partial charge in [0, 0.05) is 5.41 Å². The van der Waals surface area contributed by atoms with Crippen molar-refractivity contribution in [2.24, 2.45) is 5.41 Å². The topological polar surface area (TPSA) is 18.5 Å². The van der Waals surface area contributed by atoms with Gasteiger partial charge in [-0.15, -0.1) is 0 Å². The fraction of sp³-hybridized carbons (Fsp3) is 0.547. The molecular formula is C53H69BO2. The van der Waals surface area contributed by atoms with E-state index in [4.69, 9.17) is 9.31 Å². The van der Waals surface area contributed by atoms with Crippen LogP contribution in [0.4, 0.5) is 0 Å². The smallest absolute Gasteiger partial charge is 0.399 e. The molecule has 296 valence electrons. The van der Waals surface area contributed by atoms with E-state index in [9.17, 15) is 0 Å². The summed E-state index contributed by atoms with van der Waals surface area (Å²) in [6.45, 7) is 15.6. The average molecular weight is 749 g/mol. The summed E-state index contributed by atoms with van der Waals surface area (Å²) in [6, 6.07) is 33.5. The van der Waals surface area contributed by atoms with Crippen molar-refractivity contribution < 1.29 is 9.31 Å². The van der Waals surface area contributed by atoms with Gasteiger partial charge in [0.2, 0.25) is 0 Å². The fourth-order valence-electron chi connectivity index (χ4n) is 11.3. The van der Waals surface area contributed by atoms with Gasteiger partial charge in [-0.3, -0.25) is 0 Å². The van der Waals surface area contributed by atoms with Crippen molar-refractivity contribution in [3.8, 4) is 33.4 Å². The van der Waals surface area contributed by atoms with E-state index in [0.717, 1.165) is 18.3 Å². The lowest BCUT2D eigenvalue weighted by atomic mass is 9.51. The van der Waals surface area contributed by atoms with Crippen molar-refractivity contribution in [1.82, 2.24) is 0 Å². The quantitative estimate of drug-likeness (QED) is 0.0890. The molecule has 0 amide bonds. The predicted octanol–water partition coefficient (Wildman–Crippen LogP) is 14.5. The number of hydrogen-bond donors (Lipinski definition) is 0. The molecule has 0 aromatic heterocycles. The minimum Gasteiger partial charge on any atom is -0.399 e. The molecule has 56 heavy (non-hydrogen) atoms. The van der Waals surface area contributed by atoms with E-state index in [2.05, 4.69) is 133 Å². The summed E-state index contributed by atoms with van der Waals surface area (Å²) < 4.78 is 13.2. The van der Waals surface area contributed by atoms with Gasteiger partial charge in [-0.05, 0) is 158 Å². The molecule has 9 rings (SSSR count). The van der Waals surface area contributed by atoms with Crippen LogP contribution in [0.1, 0.15) is 174 Å². The molecule has 3 heteroatoms. The predicted molar refractivity (Wildman–Crippen MR) is 239 cm³/mol. The molecule has 0 atom stereocenters. The van der Waals surface area contributed by atoms with Gasteiger partial charge in [0.05, 0.1) is 11.2 Å². The highest BCUT2D eigenvalue weighted by atomic mass is 16.7. The summed E-state index contributed by atoms with van der Waals surface area (Å²) in [5, 5.41) is 0. The Morgan fingerprint density at radius 3 is 1.52 bits per heavy atom. The summed E-state index contributed by atoms with van der Waals surface area (Å²) in [4.78, 5) is 0. The van der Waals surface area contributed by atoms with Crippen LogP contribution in [-0.2, 0) is 20.1 Å². The summed E-state index contributed by atoms with van der Waals surface area (Å²) in [5.41, 5.74) is 14.1. The van der Waals surface area contributed by atoms with Gasteiger partial charge >= 0.3 is 7.12 Å². The van der Waals surface area contributed by atoms with Gasteiger partial charge in [0.15, 0.2) is 0 Å². The molecule has 2 nitrogen and oxygen atoms in total. The molecule has 0 spiro atoms. The molecule has 3 saturated carbocycles. The molecule has 0 N–H and O–H groups in total. The van der Waals surface area contributed by atoms with Crippen molar-refractivity contribution in [2.45, 2.75) is 180 Å². The highest BCUT2D eigenvalue weighted by Gasteiger charge is 2.53. The molecule has 4 fully saturated rings. The zero-order valence-corrected chi connectivity index (χ0v) is 36.0. The molecule has 4 aliphatic carbocycles. The van der Waals surface area contributed by atoms with Gasteiger partial charge in [0.1, 0.15) is 0 Å². The second-order valence-corrected chi connectivity index (χ2v) is 19.7. The van der Waals surface area contributed by atoms with E-state index >= 15 is 0 Å². The van der Waals surface area contributed by atoms with Gasteiger partial charge in [0.25, 0.3) is 0 Å². The summed E-state index contributed by atoms with van der Waals surface area (Å²) in [6.07, 6.45) is 22.7. The van der Waals surface area contributed by atoms with Gasteiger partial charge in [-0.25, -0.2) is 0 Å². The van der Waals surface area contributed by atoms with Crippen molar-refractivity contribution in [2.75, 3.05) is 0 Å². The minimum absolute atomic E-state index is 0.0136. The lowest BCUT2D eigenvalue weighted by Crippen LogP contribution is -2.44. The molecule has 1 saturated heterocycles. The Balaban J connectivity index is 1.03. The van der Waals surface area contributed by atoms with E-state index in [0.29, 0.717) is 10.8 Å². The Morgan fingerprint density at radius 1 is 0.482 bits per heavy atom. The van der Waals surface area contributed by atoms with Crippen LogP contribution < -0.4 is 5.46 Å². The maximum atomic E-state index is 6.58. The first-order valence-corrected chi connectivity index (χ1v) is 22.8. The van der Waals surface area contributed by atoms with Gasteiger partial charge in [-0.1, -0.05) is 151 Å². The lowest BCUT2D eigenvalue weighted by molar-refractivity contribution is 0.00578. The molecule has 4 aromatic rings. The Morgan fingerprint density at radius 2 is 0.964 bits per heavy atom. The third-order valence-electron chi connectivity index (χ3n) is 15.8. The zero-order chi connectivity index (χ0) is 39.2. The number of benzene rings is 4. The second-order valence-electron chi connectivity index (χ2n) is 19.7. The molecule has 1 aliphatic heterocycles. The monoisotopic (exact) mass is 749 g/mol. The highest BCUT2D eigenvalue weighted by molar-refractivity contribution is 6.62. The molecule has 0 unspecified atom stereocenters. The number of hydrogen-bond acceptors (Lipinski definition) is 2.